The van der Waals surface area contributed by atoms with Gasteiger partial charge < -0.3 is 5.32 Å². The number of hydrogen-bond donors (Lipinski definition) is 1. The van der Waals surface area contributed by atoms with Gasteiger partial charge in [0.25, 0.3) is 5.91 Å². The summed E-state index contributed by atoms with van der Waals surface area (Å²) in [5.41, 5.74) is 2.98. The summed E-state index contributed by atoms with van der Waals surface area (Å²) in [6.07, 6.45) is 1.36. The molecule has 6 nitrogen and oxygen atoms in total. The number of sulfonamides is 1. The zero-order valence-electron chi connectivity index (χ0n) is 18.4. The maximum absolute atomic E-state index is 13.3. The van der Waals surface area contributed by atoms with Gasteiger partial charge in [-0.15, -0.1) is 0 Å². The Morgan fingerprint density at radius 2 is 1.61 bits per heavy atom. The molecule has 1 fully saturated rings. The van der Waals surface area contributed by atoms with E-state index in [1.54, 1.807) is 0 Å². The van der Waals surface area contributed by atoms with Crippen LogP contribution in [0.2, 0.25) is 0 Å². The van der Waals surface area contributed by atoms with E-state index >= 15 is 0 Å². The first-order valence-electron chi connectivity index (χ1n) is 10.9. The number of hydrogen-bond acceptors (Lipinski definition) is 4. The van der Waals surface area contributed by atoms with Crippen molar-refractivity contribution >= 4 is 27.4 Å². The molecule has 1 aliphatic heterocycles. The molecule has 1 atom stereocenters. The normalized spacial score (nSPS) is 16.5. The van der Waals surface area contributed by atoms with E-state index in [1.165, 1.54) is 28.6 Å². The molecule has 0 radical (unpaired) electrons. The lowest BCUT2D eigenvalue weighted by molar-refractivity contribution is -0.121. The molecule has 0 spiro atoms. The summed E-state index contributed by atoms with van der Waals surface area (Å²) in [7, 11) is -3.85. The van der Waals surface area contributed by atoms with Crippen LogP contribution in [-0.2, 0) is 21.2 Å². The van der Waals surface area contributed by atoms with Crippen LogP contribution in [0.1, 0.15) is 34.3 Å². The Morgan fingerprint density at radius 1 is 0.939 bits per heavy atom. The summed E-state index contributed by atoms with van der Waals surface area (Å²) in [5.74, 6) is -0.420. The van der Waals surface area contributed by atoms with Gasteiger partial charge in [0, 0.05) is 24.2 Å². The second-order valence-corrected chi connectivity index (χ2v) is 10.1. The van der Waals surface area contributed by atoms with Crippen LogP contribution < -0.4 is 5.32 Å². The number of carbonyl (C=O) groups excluding carboxylic acids is 2. The molecule has 1 aliphatic rings. The summed E-state index contributed by atoms with van der Waals surface area (Å²) in [4.78, 5) is 25.5. The van der Waals surface area contributed by atoms with Crippen molar-refractivity contribution in [1.82, 2.24) is 4.31 Å². The largest absolute Gasteiger partial charge is 0.322 e. The summed E-state index contributed by atoms with van der Waals surface area (Å²) in [6, 6.07) is 21.9. The van der Waals surface area contributed by atoms with Crippen LogP contribution in [0.5, 0.6) is 0 Å². The van der Waals surface area contributed by atoms with E-state index in [0.717, 1.165) is 11.1 Å². The Bertz CT molecular complexity index is 1240. The molecule has 3 aromatic rings. The van der Waals surface area contributed by atoms with Gasteiger partial charge in [0.05, 0.1) is 10.9 Å². The van der Waals surface area contributed by atoms with Crippen LogP contribution in [0.4, 0.5) is 5.69 Å². The van der Waals surface area contributed by atoms with Crippen LogP contribution >= 0.6 is 0 Å². The Kier molecular flexibility index (Phi) is 6.72. The van der Waals surface area contributed by atoms with Crippen LogP contribution in [-0.4, -0.2) is 37.0 Å². The van der Waals surface area contributed by atoms with Crippen molar-refractivity contribution in [2.75, 3.05) is 11.9 Å². The Balaban J connectivity index is 1.47. The lowest BCUT2D eigenvalue weighted by Gasteiger charge is -2.23. The third-order valence-corrected chi connectivity index (χ3v) is 7.75. The average molecular weight is 463 g/mol. The zero-order valence-corrected chi connectivity index (χ0v) is 19.2. The van der Waals surface area contributed by atoms with Crippen molar-refractivity contribution in [3.05, 3.63) is 95.6 Å². The van der Waals surface area contributed by atoms with Crippen molar-refractivity contribution in [1.29, 1.82) is 0 Å². The first kappa shape index (κ1) is 22.9. The second-order valence-electron chi connectivity index (χ2n) is 8.25. The number of aryl methyl sites for hydroxylation is 1. The fourth-order valence-corrected chi connectivity index (χ4v) is 5.70. The number of nitrogens with zero attached hydrogens (tertiary/aromatic N) is 1. The smallest absolute Gasteiger partial charge is 0.255 e. The van der Waals surface area contributed by atoms with Crippen LogP contribution in [0.15, 0.2) is 83.8 Å². The first-order chi connectivity index (χ1) is 15.8. The van der Waals surface area contributed by atoms with Crippen molar-refractivity contribution in [3.63, 3.8) is 0 Å². The first-order valence-corrected chi connectivity index (χ1v) is 12.4. The van der Waals surface area contributed by atoms with Gasteiger partial charge in [-0.1, -0.05) is 48.0 Å². The number of carbonyl (C=O) groups is 2. The van der Waals surface area contributed by atoms with E-state index < -0.39 is 16.1 Å². The van der Waals surface area contributed by atoms with Gasteiger partial charge >= 0.3 is 0 Å². The molecule has 3 aromatic carbocycles. The third kappa shape index (κ3) is 5.21. The fourth-order valence-electron chi connectivity index (χ4n) is 4.02. The maximum atomic E-state index is 13.3. The van der Waals surface area contributed by atoms with Gasteiger partial charge in [0.2, 0.25) is 10.0 Å². The minimum atomic E-state index is -3.85. The molecule has 4 rings (SSSR count). The van der Waals surface area contributed by atoms with Crippen LogP contribution in [0, 0.1) is 6.92 Å². The summed E-state index contributed by atoms with van der Waals surface area (Å²) in [6.45, 7) is 2.27. The number of ketones is 1. The summed E-state index contributed by atoms with van der Waals surface area (Å²) >= 11 is 0. The van der Waals surface area contributed by atoms with Gasteiger partial charge in [-0.2, -0.15) is 4.31 Å². The van der Waals surface area contributed by atoms with Gasteiger partial charge in [0.15, 0.2) is 5.78 Å². The molecule has 170 valence electrons. The second kappa shape index (κ2) is 9.68. The lowest BCUT2D eigenvalue weighted by atomic mass is 10.0. The molecule has 1 saturated heterocycles. The Morgan fingerprint density at radius 3 is 2.27 bits per heavy atom. The minimum absolute atomic E-state index is 0.0776. The lowest BCUT2D eigenvalue weighted by Crippen LogP contribution is -2.41. The summed E-state index contributed by atoms with van der Waals surface area (Å²) in [5, 5.41) is 2.80. The highest BCUT2D eigenvalue weighted by molar-refractivity contribution is 7.89. The quantitative estimate of drug-likeness (QED) is 0.570. The maximum Gasteiger partial charge on any atom is 0.255 e. The third-order valence-electron chi connectivity index (χ3n) is 5.83. The van der Waals surface area contributed by atoms with E-state index in [9.17, 15) is 18.0 Å². The molecule has 0 bridgehead atoms. The van der Waals surface area contributed by atoms with E-state index in [-0.39, 0.29) is 23.0 Å². The molecule has 0 unspecified atom stereocenters. The van der Waals surface area contributed by atoms with Crippen molar-refractivity contribution < 1.29 is 18.0 Å². The van der Waals surface area contributed by atoms with Crippen molar-refractivity contribution in [2.24, 2.45) is 0 Å². The molecule has 7 heteroatoms. The molecule has 0 aliphatic carbocycles. The molecule has 1 amide bonds. The number of benzene rings is 3. The molecule has 33 heavy (non-hydrogen) atoms. The number of amides is 1. The standard InChI is InChI=1S/C26H26N2O4S/c1-19-9-13-22(14-10-19)27-26(30)21-11-15-23(16-12-21)33(31,32)28-17-5-8-24(28)25(29)18-20-6-3-2-4-7-20/h2-4,6-7,9-16,24H,5,8,17-18H2,1H3,(H,27,30)/t24-/m0/s1. The van der Waals surface area contributed by atoms with Crippen LogP contribution in [0.3, 0.4) is 0 Å². The fraction of sp³-hybridized carbons (Fsp3) is 0.231. The van der Waals surface area contributed by atoms with Crippen molar-refractivity contribution in [2.45, 2.75) is 37.1 Å². The van der Waals surface area contributed by atoms with E-state index in [2.05, 4.69) is 5.32 Å². The van der Waals surface area contributed by atoms with E-state index in [4.69, 9.17) is 0 Å². The minimum Gasteiger partial charge on any atom is -0.322 e. The highest BCUT2D eigenvalue weighted by Gasteiger charge is 2.39. The molecular formula is C26H26N2O4S. The van der Waals surface area contributed by atoms with Crippen molar-refractivity contribution in [3.8, 4) is 0 Å². The monoisotopic (exact) mass is 462 g/mol. The van der Waals surface area contributed by atoms with E-state index in [0.29, 0.717) is 30.6 Å². The highest BCUT2D eigenvalue weighted by atomic mass is 32.2. The zero-order chi connectivity index (χ0) is 23.4. The predicted molar refractivity (Wildman–Crippen MR) is 128 cm³/mol. The number of nitrogens with one attached hydrogen (secondary N) is 1. The topological polar surface area (TPSA) is 83.6 Å². The van der Waals surface area contributed by atoms with Gasteiger partial charge in [-0.25, -0.2) is 8.42 Å². The van der Waals surface area contributed by atoms with Crippen LogP contribution in [0.25, 0.3) is 0 Å². The van der Waals surface area contributed by atoms with Gasteiger partial charge in [-0.05, 0) is 61.7 Å². The number of rotatable bonds is 7. The summed E-state index contributed by atoms with van der Waals surface area (Å²) < 4.78 is 27.9. The molecule has 0 aromatic heterocycles. The highest BCUT2D eigenvalue weighted by Crippen LogP contribution is 2.28. The number of anilines is 1. The SMILES string of the molecule is Cc1ccc(NC(=O)c2ccc(S(=O)(=O)N3CCC[C@H]3C(=O)Cc3ccccc3)cc2)cc1. The molecule has 1 N–H and O–H groups in total. The molecule has 1 heterocycles. The van der Waals surface area contributed by atoms with Gasteiger partial charge in [-0.3, -0.25) is 9.59 Å². The Hall–Kier alpha value is -3.29. The van der Waals surface area contributed by atoms with E-state index in [1.807, 2.05) is 61.5 Å². The number of Topliss-reactive ketones (excluding diaryl/α,β-unsaturated/α-hetero) is 1. The average Bonchev–Trinajstić information content (AvgIpc) is 3.33. The molecule has 0 saturated carbocycles. The molecular weight excluding hydrogens is 436 g/mol. The predicted octanol–water partition coefficient (Wildman–Crippen LogP) is 4.21. The van der Waals surface area contributed by atoms with Gasteiger partial charge in [0.1, 0.15) is 0 Å². The Labute approximate surface area is 194 Å².